The summed E-state index contributed by atoms with van der Waals surface area (Å²) in [6.07, 6.45) is 9.35. The normalized spacial score (nSPS) is 15.8. The molecule has 1 aliphatic carbocycles. The van der Waals surface area contributed by atoms with E-state index in [-0.39, 0.29) is 18.3 Å². The molecule has 4 nitrogen and oxygen atoms in total. The molecule has 0 aromatic rings. The molecule has 1 amide bonds. The van der Waals surface area contributed by atoms with Crippen molar-refractivity contribution in [3.05, 3.63) is 0 Å². The Labute approximate surface area is 123 Å². The van der Waals surface area contributed by atoms with E-state index in [9.17, 15) is 4.79 Å². The molecule has 2 N–H and O–H groups in total. The fraction of sp³-hybridized carbons (Fsp3) is 0.929. The second kappa shape index (κ2) is 12.7. The summed E-state index contributed by atoms with van der Waals surface area (Å²) in [6, 6.07) is 0. The van der Waals surface area contributed by atoms with Crippen molar-refractivity contribution in [2.75, 3.05) is 26.7 Å². The lowest BCUT2D eigenvalue weighted by Crippen LogP contribution is -2.26. The van der Waals surface area contributed by atoms with Crippen LogP contribution in [0, 0.1) is 0 Å². The Morgan fingerprint density at radius 1 is 1.16 bits per heavy atom. The molecule has 0 radical (unpaired) electrons. The molecule has 0 bridgehead atoms. The van der Waals surface area contributed by atoms with Gasteiger partial charge in [0.1, 0.15) is 0 Å². The first-order valence-corrected chi connectivity index (χ1v) is 7.36. The van der Waals surface area contributed by atoms with Crippen LogP contribution >= 0.6 is 12.4 Å². The molecule has 1 fully saturated rings. The summed E-state index contributed by atoms with van der Waals surface area (Å²) in [4.78, 5) is 11.4. The van der Waals surface area contributed by atoms with Gasteiger partial charge in [-0.25, -0.2) is 0 Å². The number of rotatable bonds is 9. The van der Waals surface area contributed by atoms with E-state index >= 15 is 0 Å². The van der Waals surface area contributed by atoms with Crippen molar-refractivity contribution in [1.82, 2.24) is 10.6 Å². The molecule has 0 aromatic carbocycles. The van der Waals surface area contributed by atoms with Crippen LogP contribution < -0.4 is 10.6 Å². The van der Waals surface area contributed by atoms with Gasteiger partial charge in [0, 0.05) is 19.6 Å². The minimum absolute atomic E-state index is 0. The van der Waals surface area contributed by atoms with E-state index in [1.165, 1.54) is 32.1 Å². The molecule has 0 atom stereocenters. The minimum atomic E-state index is 0. The Bertz CT molecular complexity index is 221. The van der Waals surface area contributed by atoms with Crippen molar-refractivity contribution in [1.29, 1.82) is 0 Å². The van der Waals surface area contributed by atoms with Crippen LogP contribution in [-0.4, -0.2) is 38.8 Å². The highest BCUT2D eigenvalue weighted by molar-refractivity contribution is 5.85. The molecule has 0 saturated heterocycles. The highest BCUT2D eigenvalue weighted by Gasteiger charge is 2.12. The van der Waals surface area contributed by atoms with Gasteiger partial charge in [-0.2, -0.15) is 0 Å². The molecule has 1 aliphatic rings. The van der Waals surface area contributed by atoms with Gasteiger partial charge >= 0.3 is 0 Å². The van der Waals surface area contributed by atoms with Crippen LogP contribution in [0.15, 0.2) is 0 Å². The third-order valence-corrected chi connectivity index (χ3v) is 3.38. The fourth-order valence-corrected chi connectivity index (χ4v) is 2.30. The first kappa shape index (κ1) is 18.7. The summed E-state index contributed by atoms with van der Waals surface area (Å²) >= 11 is 0. The number of hydrogen-bond acceptors (Lipinski definition) is 3. The van der Waals surface area contributed by atoms with E-state index < -0.39 is 0 Å². The third kappa shape index (κ3) is 10.2. The predicted molar refractivity (Wildman–Crippen MR) is 80.9 cm³/mol. The van der Waals surface area contributed by atoms with E-state index in [1.807, 2.05) is 7.05 Å². The van der Waals surface area contributed by atoms with Crippen LogP contribution in [0.25, 0.3) is 0 Å². The maximum atomic E-state index is 11.4. The van der Waals surface area contributed by atoms with Gasteiger partial charge in [-0.05, 0) is 39.3 Å². The summed E-state index contributed by atoms with van der Waals surface area (Å²) in [5.74, 6) is 0.155. The molecule has 0 aromatic heterocycles. The predicted octanol–water partition coefficient (Wildman–Crippen LogP) is 2.26. The van der Waals surface area contributed by atoms with Crippen molar-refractivity contribution in [2.24, 2.45) is 0 Å². The lowest BCUT2D eigenvalue weighted by molar-refractivity contribution is -0.121. The van der Waals surface area contributed by atoms with E-state index in [0.29, 0.717) is 12.5 Å². The number of carbonyl (C=O) groups excluding carboxylic acids is 1. The zero-order valence-corrected chi connectivity index (χ0v) is 12.9. The Morgan fingerprint density at radius 3 is 2.58 bits per heavy atom. The highest BCUT2D eigenvalue weighted by Crippen LogP contribution is 2.20. The quantitative estimate of drug-likeness (QED) is 0.641. The number of nitrogens with one attached hydrogen (secondary N) is 2. The first-order chi connectivity index (χ1) is 8.83. The maximum Gasteiger partial charge on any atom is 0.220 e. The zero-order chi connectivity index (χ0) is 13.1. The number of amides is 1. The Balaban J connectivity index is 0.00000324. The Hall–Kier alpha value is -0.320. The van der Waals surface area contributed by atoms with Gasteiger partial charge in [0.05, 0.1) is 6.10 Å². The lowest BCUT2D eigenvalue weighted by Gasteiger charge is -2.21. The van der Waals surface area contributed by atoms with Crippen molar-refractivity contribution in [3.8, 4) is 0 Å². The summed E-state index contributed by atoms with van der Waals surface area (Å²) in [5.41, 5.74) is 0. The Morgan fingerprint density at radius 2 is 1.89 bits per heavy atom. The van der Waals surface area contributed by atoms with Gasteiger partial charge < -0.3 is 15.4 Å². The maximum absolute atomic E-state index is 11.4. The van der Waals surface area contributed by atoms with Crippen LogP contribution in [-0.2, 0) is 9.53 Å². The molecule has 5 heteroatoms. The van der Waals surface area contributed by atoms with Crippen molar-refractivity contribution in [3.63, 3.8) is 0 Å². The molecule has 0 unspecified atom stereocenters. The monoisotopic (exact) mass is 292 g/mol. The second-order valence-electron chi connectivity index (χ2n) is 5.04. The zero-order valence-electron chi connectivity index (χ0n) is 12.1. The standard InChI is InChI=1S/C14H28N2O2.ClH/c1-15-10-5-9-14(17)16-11-6-12-18-13-7-3-2-4-8-13;/h13,15H,2-12H2,1H3,(H,16,17);1H. The van der Waals surface area contributed by atoms with E-state index in [0.717, 1.165) is 32.5 Å². The molecule has 19 heavy (non-hydrogen) atoms. The van der Waals surface area contributed by atoms with Crippen LogP contribution in [0.1, 0.15) is 51.4 Å². The second-order valence-corrected chi connectivity index (χ2v) is 5.04. The largest absolute Gasteiger partial charge is 0.378 e. The Kier molecular flexibility index (Phi) is 12.5. The number of halogens is 1. The van der Waals surface area contributed by atoms with Crippen LogP contribution in [0.3, 0.4) is 0 Å². The first-order valence-electron chi connectivity index (χ1n) is 7.36. The van der Waals surface area contributed by atoms with Crippen LogP contribution in [0.4, 0.5) is 0 Å². The summed E-state index contributed by atoms with van der Waals surface area (Å²) in [5, 5.41) is 5.97. The minimum Gasteiger partial charge on any atom is -0.378 e. The summed E-state index contributed by atoms with van der Waals surface area (Å²) < 4.78 is 5.80. The molecule has 0 aliphatic heterocycles. The average Bonchev–Trinajstić information content (AvgIpc) is 2.40. The smallest absolute Gasteiger partial charge is 0.220 e. The molecule has 1 saturated carbocycles. The third-order valence-electron chi connectivity index (χ3n) is 3.38. The van der Waals surface area contributed by atoms with Crippen LogP contribution in [0.2, 0.25) is 0 Å². The van der Waals surface area contributed by atoms with E-state index in [2.05, 4.69) is 10.6 Å². The van der Waals surface area contributed by atoms with Gasteiger partial charge in [-0.1, -0.05) is 19.3 Å². The molecule has 0 heterocycles. The average molecular weight is 293 g/mol. The van der Waals surface area contributed by atoms with Gasteiger partial charge in [-0.3, -0.25) is 4.79 Å². The van der Waals surface area contributed by atoms with E-state index in [1.54, 1.807) is 0 Å². The van der Waals surface area contributed by atoms with Gasteiger partial charge in [0.15, 0.2) is 0 Å². The highest BCUT2D eigenvalue weighted by atomic mass is 35.5. The summed E-state index contributed by atoms with van der Waals surface area (Å²) in [6.45, 7) is 2.42. The lowest BCUT2D eigenvalue weighted by atomic mass is 9.98. The van der Waals surface area contributed by atoms with E-state index in [4.69, 9.17) is 4.74 Å². The molecule has 0 spiro atoms. The number of ether oxygens (including phenoxy) is 1. The molecule has 1 rings (SSSR count). The molecule has 114 valence electrons. The molecular weight excluding hydrogens is 264 g/mol. The topological polar surface area (TPSA) is 50.4 Å². The van der Waals surface area contributed by atoms with Gasteiger partial charge in [0.25, 0.3) is 0 Å². The molecular formula is C14H29ClN2O2. The number of hydrogen-bond donors (Lipinski definition) is 2. The summed E-state index contributed by atoms with van der Waals surface area (Å²) in [7, 11) is 1.90. The van der Waals surface area contributed by atoms with Gasteiger partial charge in [0.2, 0.25) is 5.91 Å². The van der Waals surface area contributed by atoms with Crippen LogP contribution in [0.5, 0.6) is 0 Å². The van der Waals surface area contributed by atoms with Gasteiger partial charge in [-0.15, -0.1) is 12.4 Å². The number of carbonyl (C=O) groups is 1. The fourth-order valence-electron chi connectivity index (χ4n) is 2.30. The SMILES string of the molecule is CNCCCC(=O)NCCCOC1CCCCC1.Cl. The van der Waals surface area contributed by atoms with Crippen molar-refractivity contribution in [2.45, 2.75) is 57.5 Å². The van der Waals surface area contributed by atoms with Crippen molar-refractivity contribution >= 4 is 18.3 Å². The van der Waals surface area contributed by atoms with Crippen molar-refractivity contribution < 1.29 is 9.53 Å².